The molecule has 29 heavy (non-hydrogen) atoms. The molecular formula is C21H19FN4O2S. The Morgan fingerprint density at radius 3 is 2.48 bits per heavy atom. The van der Waals surface area contributed by atoms with Gasteiger partial charge in [-0.05, 0) is 55.5 Å². The van der Waals surface area contributed by atoms with E-state index in [0.717, 1.165) is 32.5 Å². The number of hydrogen-bond acceptors (Lipinski definition) is 6. The van der Waals surface area contributed by atoms with Crippen molar-refractivity contribution >= 4 is 11.3 Å². The molecule has 0 radical (unpaired) electrons. The molecule has 2 aromatic heterocycles. The van der Waals surface area contributed by atoms with Crippen LogP contribution in [-0.4, -0.2) is 32.2 Å². The van der Waals surface area contributed by atoms with E-state index in [2.05, 4.69) is 15.3 Å². The highest BCUT2D eigenvalue weighted by molar-refractivity contribution is 7.15. The molecule has 0 aliphatic carbocycles. The second-order valence-electron chi connectivity index (χ2n) is 6.55. The molecule has 2 heterocycles. The third kappa shape index (κ3) is 4.18. The summed E-state index contributed by atoms with van der Waals surface area (Å²) in [5.74, 6) is 0.482. The Bertz CT molecular complexity index is 1110. The van der Waals surface area contributed by atoms with Crippen LogP contribution in [0.25, 0.3) is 21.8 Å². The van der Waals surface area contributed by atoms with Crippen molar-refractivity contribution in [2.75, 3.05) is 7.11 Å². The van der Waals surface area contributed by atoms with Crippen molar-refractivity contribution in [3.8, 4) is 27.6 Å². The molecule has 148 valence electrons. The maximum atomic E-state index is 13.1. The summed E-state index contributed by atoms with van der Waals surface area (Å²) < 4.78 is 19.9. The summed E-state index contributed by atoms with van der Waals surface area (Å²) in [5.41, 5.74) is 3.20. The maximum Gasteiger partial charge on any atom is 0.123 e. The largest absolute Gasteiger partial charge is 0.497 e. The number of halogens is 1. The summed E-state index contributed by atoms with van der Waals surface area (Å²) in [6.07, 6.45) is 1.02. The van der Waals surface area contributed by atoms with E-state index in [1.807, 2.05) is 31.2 Å². The fourth-order valence-electron chi connectivity index (χ4n) is 2.98. The minimum atomic E-state index is -0.771. The van der Waals surface area contributed by atoms with E-state index in [9.17, 15) is 9.50 Å². The van der Waals surface area contributed by atoms with Gasteiger partial charge in [0.1, 0.15) is 28.4 Å². The molecule has 0 saturated heterocycles. The molecule has 0 bridgehead atoms. The third-order valence-electron chi connectivity index (χ3n) is 4.51. The summed E-state index contributed by atoms with van der Waals surface area (Å²) in [6, 6.07) is 13.7. The number of rotatable bonds is 6. The van der Waals surface area contributed by atoms with E-state index in [1.165, 1.54) is 23.5 Å². The van der Waals surface area contributed by atoms with Crippen molar-refractivity contribution < 1.29 is 14.2 Å². The van der Waals surface area contributed by atoms with Gasteiger partial charge in [-0.15, -0.1) is 16.4 Å². The number of ether oxygens (including phenoxy) is 1. The number of aliphatic hydroxyl groups excluding tert-OH is 1. The Morgan fingerprint density at radius 2 is 1.79 bits per heavy atom. The lowest BCUT2D eigenvalue weighted by atomic mass is 10.1. The number of aromatic nitrogens is 4. The van der Waals surface area contributed by atoms with E-state index in [1.54, 1.807) is 30.1 Å². The molecule has 0 aliphatic rings. The van der Waals surface area contributed by atoms with E-state index in [0.29, 0.717) is 5.69 Å². The van der Waals surface area contributed by atoms with Gasteiger partial charge in [0.05, 0.1) is 30.4 Å². The molecule has 1 N–H and O–H groups in total. The summed E-state index contributed by atoms with van der Waals surface area (Å²) in [4.78, 5) is 5.28. The maximum absolute atomic E-state index is 13.1. The molecule has 0 saturated carbocycles. The normalized spacial score (nSPS) is 12.1. The van der Waals surface area contributed by atoms with Gasteiger partial charge in [-0.1, -0.05) is 5.21 Å². The monoisotopic (exact) mass is 410 g/mol. The lowest BCUT2D eigenvalue weighted by molar-refractivity contribution is 0.153. The lowest BCUT2D eigenvalue weighted by Crippen LogP contribution is -2.09. The first-order valence-corrected chi connectivity index (χ1v) is 9.81. The Morgan fingerprint density at radius 1 is 1.10 bits per heavy atom. The first-order valence-electron chi connectivity index (χ1n) is 8.99. The lowest BCUT2D eigenvalue weighted by Gasteiger charge is -2.08. The summed E-state index contributed by atoms with van der Waals surface area (Å²) in [7, 11) is 1.62. The van der Waals surface area contributed by atoms with Gasteiger partial charge >= 0.3 is 0 Å². The third-order valence-corrected chi connectivity index (χ3v) is 5.82. The molecule has 4 rings (SSSR count). The van der Waals surface area contributed by atoms with Crippen LogP contribution >= 0.6 is 11.3 Å². The summed E-state index contributed by atoms with van der Waals surface area (Å²) in [6.45, 7) is 2.11. The van der Waals surface area contributed by atoms with Gasteiger partial charge < -0.3 is 9.84 Å². The molecule has 0 fully saturated rings. The predicted molar refractivity (Wildman–Crippen MR) is 109 cm³/mol. The van der Waals surface area contributed by atoms with Crippen LogP contribution in [0.5, 0.6) is 5.75 Å². The van der Waals surface area contributed by atoms with Gasteiger partial charge in [-0.2, -0.15) is 0 Å². The Balaban J connectivity index is 1.50. The highest BCUT2D eigenvalue weighted by Crippen LogP contribution is 2.32. The van der Waals surface area contributed by atoms with Crippen LogP contribution in [0.3, 0.4) is 0 Å². The molecule has 4 aromatic rings. The van der Waals surface area contributed by atoms with Crippen molar-refractivity contribution in [1.82, 2.24) is 20.0 Å². The van der Waals surface area contributed by atoms with E-state index >= 15 is 0 Å². The molecule has 0 aliphatic heterocycles. The minimum Gasteiger partial charge on any atom is -0.497 e. The second-order valence-corrected chi connectivity index (χ2v) is 7.58. The average molecular weight is 410 g/mol. The number of hydrogen-bond donors (Lipinski definition) is 1. The molecular weight excluding hydrogens is 391 g/mol. The van der Waals surface area contributed by atoms with Gasteiger partial charge in [0.2, 0.25) is 0 Å². The SMILES string of the molecule is COc1ccc(-c2cn(CC(O)c3sc(-c4ccc(F)cc4)nc3C)nn2)cc1. The molecule has 8 heteroatoms. The highest BCUT2D eigenvalue weighted by atomic mass is 32.1. The van der Waals surface area contributed by atoms with Crippen LogP contribution in [0.15, 0.2) is 54.7 Å². The summed E-state index contributed by atoms with van der Waals surface area (Å²) in [5, 5.41) is 19.8. The first-order chi connectivity index (χ1) is 14.0. The van der Waals surface area contributed by atoms with Crippen LogP contribution in [-0.2, 0) is 6.54 Å². The number of aryl methyl sites for hydroxylation is 1. The Hall–Kier alpha value is -3.10. The second kappa shape index (κ2) is 8.10. The molecule has 2 aromatic carbocycles. The van der Waals surface area contributed by atoms with Crippen molar-refractivity contribution in [2.45, 2.75) is 19.6 Å². The van der Waals surface area contributed by atoms with Gasteiger partial charge in [-0.25, -0.2) is 14.1 Å². The molecule has 0 amide bonds. The zero-order chi connectivity index (χ0) is 20.4. The van der Waals surface area contributed by atoms with E-state index in [-0.39, 0.29) is 12.4 Å². The average Bonchev–Trinajstić information content (AvgIpc) is 3.35. The van der Waals surface area contributed by atoms with Crippen molar-refractivity contribution in [3.63, 3.8) is 0 Å². The van der Waals surface area contributed by atoms with Crippen LogP contribution in [0, 0.1) is 12.7 Å². The van der Waals surface area contributed by atoms with Crippen LogP contribution in [0.1, 0.15) is 16.7 Å². The van der Waals surface area contributed by atoms with Crippen molar-refractivity contribution in [1.29, 1.82) is 0 Å². The van der Waals surface area contributed by atoms with Crippen LogP contribution in [0.4, 0.5) is 4.39 Å². The topological polar surface area (TPSA) is 73.1 Å². The van der Waals surface area contributed by atoms with E-state index in [4.69, 9.17) is 4.74 Å². The number of benzene rings is 2. The zero-order valence-electron chi connectivity index (χ0n) is 15.9. The Labute approximate surface area is 171 Å². The first kappa shape index (κ1) is 19.2. The molecule has 0 spiro atoms. The summed E-state index contributed by atoms with van der Waals surface area (Å²) >= 11 is 1.39. The van der Waals surface area contributed by atoms with Gasteiger partial charge in [0.15, 0.2) is 0 Å². The van der Waals surface area contributed by atoms with Crippen LogP contribution in [0.2, 0.25) is 0 Å². The van der Waals surface area contributed by atoms with E-state index < -0.39 is 6.10 Å². The minimum absolute atomic E-state index is 0.259. The van der Waals surface area contributed by atoms with Crippen molar-refractivity contribution in [2.24, 2.45) is 0 Å². The number of methoxy groups -OCH3 is 1. The number of aliphatic hydroxyl groups is 1. The predicted octanol–water partition coefficient (Wildman–Crippen LogP) is 4.26. The van der Waals surface area contributed by atoms with Gasteiger partial charge in [-0.3, -0.25) is 0 Å². The fraction of sp³-hybridized carbons (Fsp3) is 0.190. The fourth-order valence-corrected chi connectivity index (χ4v) is 4.02. The molecule has 6 nitrogen and oxygen atoms in total. The van der Waals surface area contributed by atoms with Crippen molar-refractivity contribution in [3.05, 3.63) is 71.1 Å². The van der Waals surface area contributed by atoms with Crippen LogP contribution < -0.4 is 4.74 Å². The Kier molecular flexibility index (Phi) is 5.37. The van der Waals surface area contributed by atoms with Gasteiger partial charge in [0, 0.05) is 11.1 Å². The quantitative estimate of drug-likeness (QED) is 0.514. The molecule has 1 atom stereocenters. The zero-order valence-corrected chi connectivity index (χ0v) is 16.7. The highest BCUT2D eigenvalue weighted by Gasteiger charge is 2.18. The van der Waals surface area contributed by atoms with Gasteiger partial charge in [0.25, 0.3) is 0 Å². The molecule has 1 unspecified atom stereocenters. The standard InChI is InChI=1S/C21H19FN4O2S/c1-13-20(29-21(23-13)15-3-7-16(22)8-4-15)19(27)12-26-11-18(24-25-26)14-5-9-17(28-2)10-6-14/h3-11,19,27H,12H2,1-2H3. The smallest absolute Gasteiger partial charge is 0.123 e. The number of thiazole rings is 1. The number of nitrogens with zero attached hydrogens (tertiary/aromatic N) is 4.